The van der Waals surface area contributed by atoms with E-state index in [-0.39, 0.29) is 11.6 Å². The van der Waals surface area contributed by atoms with Crippen molar-refractivity contribution in [3.63, 3.8) is 0 Å². The number of benzene rings is 2. The number of ketones is 1. The second-order valence-corrected chi connectivity index (χ2v) is 8.34. The molecule has 1 unspecified atom stereocenters. The van der Waals surface area contributed by atoms with Gasteiger partial charge in [-0.25, -0.2) is 4.39 Å². The van der Waals surface area contributed by atoms with Crippen molar-refractivity contribution in [3.05, 3.63) is 71.7 Å². The van der Waals surface area contributed by atoms with Crippen LogP contribution in [0.2, 0.25) is 0 Å². The Morgan fingerprint density at radius 1 is 1.14 bits per heavy atom. The fourth-order valence-corrected chi connectivity index (χ4v) is 4.63. The molecule has 152 valence electrons. The number of nitrogens with zero attached hydrogens (tertiary/aromatic N) is 2. The van der Waals surface area contributed by atoms with Crippen molar-refractivity contribution in [3.8, 4) is 0 Å². The van der Waals surface area contributed by atoms with E-state index in [1.165, 1.54) is 17.7 Å². The number of rotatable bonds is 6. The van der Waals surface area contributed by atoms with Crippen LogP contribution in [0.25, 0.3) is 10.9 Å². The Labute approximate surface area is 172 Å². The van der Waals surface area contributed by atoms with E-state index in [9.17, 15) is 9.18 Å². The van der Waals surface area contributed by atoms with Crippen LogP contribution in [0, 0.1) is 11.7 Å². The number of fused-ring (bicyclic) bond motifs is 1. The van der Waals surface area contributed by atoms with Gasteiger partial charge in [-0.3, -0.25) is 9.69 Å². The van der Waals surface area contributed by atoms with Gasteiger partial charge in [-0.15, -0.1) is 0 Å². The van der Waals surface area contributed by atoms with Crippen LogP contribution in [0.3, 0.4) is 0 Å². The molecule has 0 bridgehead atoms. The van der Waals surface area contributed by atoms with Crippen LogP contribution in [-0.4, -0.2) is 28.3 Å². The van der Waals surface area contributed by atoms with Crippen LogP contribution in [0.5, 0.6) is 0 Å². The maximum Gasteiger partial charge on any atom is 0.165 e. The summed E-state index contributed by atoms with van der Waals surface area (Å²) in [5, 5.41) is 0.726. The third-order valence-corrected chi connectivity index (χ3v) is 6.51. The number of aryl methyl sites for hydroxylation is 1. The lowest BCUT2D eigenvalue weighted by Crippen LogP contribution is -2.35. The lowest BCUT2D eigenvalue weighted by atomic mass is 9.89. The van der Waals surface area contributed by atoms with Crippen molar-refractivity contribution in [1.82, 2.24) is 9.47 Å². The SMILES string of the molecule is CC(c1ccccc1)N1CCC(CCC(=O)c2cn(C)c3ccc(F)cc23)CC1. The Morgan fingerprint density at radius 3 is 2.59 bits per heavy atom. The minimum atomic E-state index is -0.294. The summed E-state index contributed by atoms with van der Waals surface area (Å²) in [7, 11) is 1.90. The highest BCUT2D eigenvalue weighted by Crippen LogP contribution is 2.30. The number of likely N-dealkylation sites (tertiary alicyclic amines) is 1. The molecule has 0 radical (unpaired) electrons. The third-order valence-electron chi connectivity index (χ3n) is 6.51. The van der Waals surface area contributed by atoms with Crippen molar-refractivity contribution in [2.45, 2.75) is 38.6 Å². The van der Waals surface area contributed by atoms with Crippen LogP contribution in [-0.2, 0) is 7.05 Å². The maximum absolute atomic E-state index is 13.7. The van der Waals surface area contributed by atoms with Crippen molar-refractivity contribution in [2.24, 2.45) is 13.0 Å². The van der Waals surface area contributed by atoms with E-state index in [1.54, 1.807) is 6.07 Å². The summed E-state index contributed by atoms with van der Waals surface area (Å²) >= 11 is 0. The molecule has 3 nitrogen and oxygen atoms in total. The third kappa shape index (κ3) is 4.27. The van der Waals surface area contributed by atoms with Crippen LogP contribution in [0.4, 0.5) is 4.39 Å². The summed E-state index contributed by atoms with van der Waals surface area (Å²) in [6, 6.07) is 15.8. The Balaban J connectivity index is 1.33. The summed E-state index contributed by atoms with van der Waals surface area (Å²) < 4.78 is 15.6. The average Bonchev–Trinajstić information content (AvgIpc) is 3.08. The van der Waals surface area contributed by atoms with Crippen molar-refractivity contribution in [1.29, 1.82) is 0 Å². The quantitative estimate of drug-likeness (QED) is 0.499. The highest BCUT2D eigenvalue weighted by molar-refractivity contribution is 6.08. The zero-order chi connectivity index (χ0) is 20.4. The minimum Gasteiger partial charge on any atom is -0.350 e. The molecule has 1 fully saturated rings. The average molecular weight is 393 g/mol. The first-order chi connectivity index (χ1) is 14.0. The Kier molecular flexibility index (Phi) is 5.81. The van der Waals surface area contributed by atoms with E-state index in [0.717, 1.165) is 43.3 Å². The molecule has 1 aliphatic rings. The fraction of sp³-hybridized carbons (Fsp3) is 0.400. The van der Waals surface area contributed by atoms with E-state index in [1.807, 2.05) is 17.8 Å². The summed E-state index contributed by atoms with van der Waals surface area (Å²) in [4.78, 5) is 15.4. The summed E-state index contributed by atoms with van der Waals surface area (Å²) in [5.41, 5.74) is 2.92. The smallest absolute Gasteiger partial charge is 0.165 e. The molecule has 3 aromatic rings. The van der Waals surface area contributed by atoms with E-state index in [2.05, 4.69) is 42.2 Å². The molecule has 1 aliphatic heterocycles. The largest absolute Gasteiger partial charge is 0.350 e. The van der Waals surface area contributed by atoms with Crippen LogP contribution >= 0.6 is 0 Å². The lowest BCUT2D eigenvalue weighted by Gasteiger charge is -2.36. The summed E-state index contributed by atoms with van der Waals surface area (Å²) in [5.74, 6) is 0.420. The predicted molar refractivity (Wildman–Crippen MR) is 116 cm³/mol. The molecule has 1 aromatic heterocycles. The number of hydrogen-bond donors (Lipinski definition) is 0. The predicted octanol–water partition coefficient (Wildman–Crippen LogP) is 5.75. The van der Waals surface area contributed by atoms with Crippen molar-refractivity contribution >= 4 is 16.7 Å². The van der Waals surface area contributed by atoms with Gasteiger partial charge in [-0.05, 0) is 69.0 Å². The second-order valence-electron chi connectivity index (χ2n) is 8.34. The van der Waals surface area contributed by atoms with Gasteiger partial charge < -0.3 is 4.57 Å². The topological polar surface area (TPSA) is 25.2 Å². The lowest BCUT2D eigenvalue weighted by molar-refractivity contribution is 0.0953. The van der Waals surface area contributed by atoms with E-state index in [0.29, 0.717) is 23.9 Å². The van der Waals surface area contributed by atoms with Gasteiger partial charge in [0, 0.05) is 42.2 Å². The molecule has 2 aromatic carbocycles. The first kappa shape index (κ1) is 19.8. The number of carbonyl (C=O) groups is 1. The Hall–Kier alpha value is -2.46. The number of hydrogen-bond acceptors (Lipinski definition) is 2. The molecule has 0 aliphatic carbocycles. The number of carbonyl (C=O) groups excluding carboxylic acids is 1. The van der Waals surface area contributed by atoms with Gasteiger partial charge in [0.05, 0.1) is 0 Å². The van der Waals surface area contributed by atoms with Gasteiger partial charge in [-0.2, -0.15) is 0 Å². The van der Waals surface area contributed by atoms with Gasteiger partial charge in [0.2, 0.25) is 0 Å². The Morgan fingerprint density at radius 2 is 1.86 bits per heavy atom. The fourth-order valence-electron chi connectivity index (χ4n) is 4.63. The molecule has 1 atom stereocenters. The van der Waals surface area contributed by atoms with Crippen LogP contribution in [0.15, 0.2) is 54.7 Å². The first-order valence-corrected chi connectivity index (χ1v) is 10.6. The van der Waals surface area contributed by atoms with Gasteiger partial charge in [0.15, 0.2) is 5.78 Å². The van der Waals surface area contributed by atoms with E-state index < -0.39 is 0 Å². The van der Waals surface area contributed by atoms with E-state index in [4.69, 9.17) is 0 Å². The first-order valence-electron chi connectivity index (χ1n) is 10.6. The van der Waals surface area contributed by atoms with Gasteiger partial charge in [-0.1, -0.05) is 30.3 Å². The molecule has 1 saturated heterocycles. The number of aromatic nitrogens is 1. The van der Waals surface area contributed by atoms with Crippen LogP contribution < -0.4 is 0 Å². The van der Waals surface area contributed by atoms with Gasteiger partial charge >= 0.3 is 0 Å². The monoisotopic (exact) mass is 392 g/mol. The zero-order valence-electron chi connectivity index (χ0n) is 17.3. The molecule has 0 saturated carbocycles. The molecular formula is C25H29FN2O. The highest BCUT2D eigenvalue weighted by atomic mass is 19.1. The number of halogens is 1. The van der Waals surface area contributed by atoms with E-state index >= 15 is 0 Å². The number of Topliss-reactive ketones (excluding diaryl/α,β-unsaturated/α-hetero) is 1. The van der Waals surface area contributed by atoms with Gasteiger partial charge in [0.25, 0.3) is 0 Å². The molecular weight excluding hydrogens is 363 g/mol. The minimum absolute atomic E-state index is 0.126. The standard InChI is InChI=1S/C25H29FN2O/c1-18(20-6-4-3-5-7-20)28-14-12-19(13-15-28)8-11-25(29)23-17-27(2)24-10-9-21(26)16-22(23)24/h3-7,9-10,16-19H,8,11-15H2,1-2H3. The molecule has 4 heteroatoms. The number of piperidine rings is 1. The maximum atomic E-state index is 13.7. The normalized spacial score (nSPS) is 16.9. The summed E-state index contributed by atoms with van der Waals surface area (Å²) in [6.07, 6.45) is 5.56. The zero-order valence-corrected chi connectivity index (χ0v) is 17.3. The van der Waals surface area contributed by atoms with Crippen molar-refractivity contribution in [2.75, 3.05) is 13.1 Å². The highest BCUT2D eigenvalue weighted by Gasteiger charge is 2.24. The Bertz CT molecular complexity index is 987. The molecule has 4 rings (SSSR count). The molecule has 0 N–H and O–H groups in total. The summed E-state index contributed by atoms with van der Waals surface area (Å²) in [6.45, 7) is 4.43. The van der Waals surface area contributed by atoms with Crippen LogP contribution in [0.1, 0.15) is 54.6 Å². The molecule has 0 spiro atoms. The molecule has 2 heterocycles. The molecule has 0 amide bonds. The second kappa shape index (κ2) is 8.50. The van der Waals surface area contributed by atoms with Crippen molar-refractivity contribution < 1.29 is 9.18 Å². The van der Waals surface area contributed by atoms with Gasteiger partial charge in [0.1, 0.15) is 5.82 Å². The molecule has 29 heavy (non-hydrogen) atoms.